The van der Waals surface area contributed by atoms with Crippen LogP contribution >= 0.6 is 0 Å². The second-order valence-corrected chi connectivity index (χ2v) is 5.21. The predicted molar refractivity (Wildman–Crippen MR) is 91.3 cm³/mol. The Kier molecular flexibility index (Phi) is 5.74. The molecule has 3 N–H and O–H groups in total. The molecule has 0 spiro atoms. The number of benzene rings is 2. The zero-order valence-corrected chi connectivity index (χ0v) is 13.3. The molecule has 23 heavy (non-hydrogen) atoms. The Hall–Kier alpha value is -2.82. The third-order valence-electron chi connectivity index (χ3n) is 3.50. The number of anilines is 1. The summed E-state index contributed by atoms with van der Waals surface area (Å²) in [7, 11) is 1.58. The number of hydrogen-bond donors (Lipinski definition) is 3. The fourth-order valence-electron chi connectivity index (χ4n) is 2.15. The van der Waals surface area contributed by atoms with Gasteiger partial charge in [0, 0.05) is 18.3 Å². The van der Waals surface area contributed by atoms with Gasteiger partial charge >= 0.3 is 0 Å². The molecule has 0 radical (unpaired) electrons. The van der Waals surface area contributed by atoms with E-state index in [2.05, 4.69) is 16.0 Å². The van der Waals surface area contributed by atoms with Crippen molar-refractivity contribution in [3.8, 4) is 0 Å². The summed E-state index contributed by atoms with van der Waals surface area (Å²) >= 11 is 0. The highest BCUT2D eigenvalue weighted by molar-refractivity contribution is 5.95. The van der Waals surface area contributed by atoms with Crippen molar-refractivity contribution in [2.75, 3.05) is 18.9 Å². The van der Waals surface area contributed by atoms with Crippen LogP contribution in [0.3, 0.4) is 0 Å². The van der Waals surface area contributed by atoms with Gasteiger partial charge in [0.05, 0.1) is 12.6 Å². The maximum Gasteiger partial charge on any atom is 0.251 e. The van der Waals surface area contributed by atoms with Crippen LogP contribution in [-0.4, -0.2) is 25.4 Å². The van der Waals surface area contributed by atoms with Crippen LogP contribution in [0.25, 0.3) is 0 Å². The molecule has 0 aliphatic heterocycles. The first-order chi connectivity index (χ1) is 11.1. The standard InChI is InChI=1S/C18H21N3O2/c1-13(14-7-4-3-5-8-14)21-18(23)15-9-6-10-16(11-15)20-12-17(22)19-2/h3-11,13,20H,12H2,1-2H3,(H,19,22)(H,21,23). The fraction of sp³-hybridized carbons (Fsp3) is 0.222. The van der Waals surface area contributed by atoms with Crippen molar-refractivity contribution in [1.82, 2.24) is 10.6 Å². The highest BCUT2D eigenvalue weighted by atomic mass is 16.2. The van der Waals surface area contributed by atoms with Crippen LogP contribution in [0.15, 0.2) is 54.6 Å². The summed E-state index contributed by atoms with van der Waals surface area (Å²) in [6, 6.07) is 16.8. The third kappa shape index (κ3) is 4.85. The Morgan fingerprint density at radius 1 is 1.04 bits per heavy atom. The van der Waals surface area contributed by atoms with Crippen molar-refractivity contribution in [3.63, 3.8) is 0 Å². The van der Waals surface area contributed by atoms with Crippen LogP contribution in [0.5, 0.6) is 0 Å². The SMILES string of the molecule is CNC(=O)CNc1cccc(C(=O)NC(C)c2ccccc2)c1. The number of amides is 2. The first-order valence-electron chi connectivity index (χ1n) is 7.50. The van der Waals surface area contributed by atoms with Crippen molar-refractivity contribution in [1.29, 1.82) is 0 Å². The molecule has 1 atom stereocenters. The molecule has 5 nitrogen and oxygen atoms in total. The van der Waals surface area contributed by atoms with Crippen LogP contribution in [0, 0.1) is 0 Å². The molecule has 120 valence electrons. The lowest BCUT2D eigenvalue weighted by molar-refractivity contribution is -0.118. The van der Waals surface area contributed by atoms with E-state index in [-0.39, 0.29) is 24.4 Å². The summed E-state index contributed by atoms with van der Waals surface area (Å²) in [5.41, 5.74) is 2.33. The van der Waals surface area contributed by atoms with Crippen LogP contribution in [-0.2, 0) is 4.79 Å². The molecule has 5 heteroatoms. The molecule has 0 aliphatic rings. The Labute approximate surface area is 136 Å². The zero-order valence-electron chi connectivity index (χ0n) is 13.3. The fourth-order valence-corrected chi connectivity index (χ4v) is 2.15. The van der Waals surface area contributed by atoms with Crippen molar-refractivity contribution in [2.45, 2.75) is 13.0 Å². The summed E-state index contributed by atoms with van der Waals surface area (Å²) in [5, 5.41) is 8.49. The highest BCUT2D eigenvalue weighted by Gasteiger charge is 2.11. The van der Waals surface area contributed by atoms with Crippen LogP contribution in [0.1, 0.15) is 28.9 Å². The second kappa shape index (κ2) is 7.98. The van der Waals surface area contributed by atoms with E-state index in [1.807, 2.05) is 43.3 Å². The van der Waals surface area contributed by atoms with Gasteiger partial charge in [-0.05, 0) is 30.7 Å². The molecule has 0 fully saturated rings. The molecule has 0 saturated carbocycles. The normalized spacial score (nSPS) is 11.4. The Balaban J connectivity index is 2.00. The molecule has 2 aromatic rings. The molecule has 2 rings (SSSR count). The Bertz CT molecular complexity index is 671. The van der Waals surface area contributed by atoms with Crippen molar-refractivity contribution in [3.05, 3.63) is 65.7 Å². The maximum absolute atomic E-state index is 12.4. The molecule has 0 aliphatic carbocycles. The van der Waals surface area contributed by atoms with E-state index in [1.165, 1.54) is 0 Å². The average molecular weight is 311 g/mol. The van der Waals surface area contributed by atoms with Gasteiger partial charge in [0.1, 0.15) is 0 Å². The monoisotopic (exact) mass is 311 g/mol. The van der Waals surface area contributed by atoms with E-state index in [4.69, 9.17) is 0 Å². The highest BCUT2D eigenvalue weighted by Crippen LogP contribution is 2.14. The number of likely N-dealkylation sites (N-methyl/N-ethyl adjacent to an activating group) is 1. The molecule has 2 aromatic carbocycles. The summed E-state index contributed by atoms with van der Waals surface area (Å²) in [6.45, 7) is 2.11. The summed E-state index contributed by atoms with van der Waals surface area (Å²) in [5.74, 6) is -0.262. The molecule has 0 heterocycles. The Morgan fingerprint density at radius 3 is 2.48 bits per heavy atom. The minimum Gasteiger partial charge on any atom is -0.376 e. The predicted octanol–water partition coefficient (Wildman–Crippen LogP) is 2.34. The third-order valence-corrected chi connectivity index (χ3v) is 3.50. The van der Waals surface area contributed by atoms with Gasteiger partial charge in [-0.15, -0.1) is 0 Å². The van der Waals surface area contributed by atoms with E-state index in [9.17, 15) is 9.59 Å². The first-order valence-corrected chi connectivity index (χ1v) is 7.50. The minimum atomic E-state index is -0.148. The number of rotatable bonds is 6. The van der Waals surface area contributed by atoms with Crippen LogP contribution < -0.4 is 16.0 Å². The van der Waals surface area contributed by atoms with Gasteiger partial charge in [0.25, 0.3) is 5.91 Å². The summed E-state index contributed by atoms with van der Waals surface area (Å²) in [6.07, 6.45) is 0. The van der Waals surface area contributed by atoms with E-state index in [0.717, 1.165) is 11.3 Å². The van der Waals surface area contributed by atoms with Crippen molar-refractivity contribution >= 4 is 17.5 Å². The van der Waals surface area contributed by atoms with E-state index >= 15 is 0 Å². The van der Waals surface area contributed by atoms with E-state index in [1.54, 1.807) is 25.2 Å². The molecular formula is C18H21N3O2. The largest absolute Gasteiger partial charge is 0.376 e. The first kappa shape index (κ1) is 16.5. The summed E-state index contributed by atoms with van der Waals surface area (Å²) < 4.78 is 0. The number of hydrogen-bond acceptors (Lipinski definition) is 3. The molecule has 0 bridgehead atoms. The lowest BCUT2D eigenvalue weighted by Gasteiger charge is -2.15. The molecule has 0 aromatic heterocycles. The molecule has 2 amide bonds. The van der Waals surface area contributed by atoms with Gasteiger partial charge in [-0.2, -0.15) is 0 Å². The molecule has 0 saturated heterocycles. The number of carbonyl (C=O) groups excluding carboxylic acids is 2. The smallest absolute Gasteiger partial charge is 0.251 e. The van der Waals surface area contributed by atoms with Gasteiger partial charge in [0.15, 0.2) is 0 Å². The van der Waals surface area contributed by atoms with E-state index < -0.39 is 0 Å². The Morgan fingerprint density at radius 2 is 1.78 bits per heavy atom. The topological polar surface area (TPSA) is 70.2 Å². The minimum absolute atomic E-state index is 0.0776. The van der Waals surface area contributed by atoms with Crippen molar-refractivity contribution < 1.29 is 9.59 Å². The maximum atomic E-state index is 12.4. The van der Waals surface area contributed by atoms with Gasteiger partial charge in [-0.1, -0.05) is 36.4 Å². The lowest BCUT2D eigenvalue weighted by Crippen LogP contribution is -2.27. The van der Waals surface area contributed by atoms with Crippen LogP contribution in [0.2, 0.25) is 0 Å². The molecule has 1 unspecified atom stereocenters. The van der Waals surface area contributed by atoms with Gasteiger partial charge < -0.3 is 16.0 Å². The van der Waals surface area contributed by atoms with Crippen LogP contribution in [0.4, 0.5) is 5.69 Å². The quantitative estimate of drug-likeness (QED) is 0.767. The van der Waals surface area contributed by atoms with Gasteiger partial charge in [-0.25, -0.2) is 0 Å². The lowest BCUT2D eigenvalue weighted by atomic mass is 10.1. The van der Waals surface area contributed by atoms with Gasteiger partial charge in [-0.3, -0.25) is 9.59 Å². The van der Waals surface area contributed by atoms with Gasteiger partial charge in [0.2, 0.25) is 5.91 Å². The van der Waals surface area contributed by atoms with Crippen molar-refractivity contribution in [2.24, 2.45) is 0 Å². The second-order valence-electron chi connectivity index (χ2n) is 5.21. The van der Waals surface area contributed by atoms with E-state index in [0.29, 0.717) is 5.56 Å². The zero-order chi connectivity index (χ0) is 16.7. The summed E-state index contributed by atoms with van der Waals surface area (Å²) in [4.78, 5) is 23.6. The molecular weight excluding hydrogens is 290 g/mol. The number of nitrogens with one attached hydrogen (secondary N) is 3. The average Bonchev–Trinajstić information content (AvgIpc) is 2.60. The number of carbonyl (C=O) groups is 2.